The van der Waals surface area contributed by atoms with Crippen molar-refractivity contribution < 1.29 is 9.59 Å². The molecule has 1 aliphatic heterocycles. The Morgan fingerprint density at radius 1 is 1.33 bits per heavy atom. The Labute approximate surface area is 107 Å². The molecule has 0 radical (unpaired) electrons. The van der Waals surface area contributed by atoms with Crippen LogP contribution in [-0.2, 0) is 9.59 Å². The van der Waals surface area contributed by atoms with Gasteiger partial charge in [0.1, 0.15) is 0 Å². The Bertz CT molecular complexity index is 442. The molecule has 0 saturated carbocycles. The second-order valence-corrected chi connectivity index (χ2v) is 4.90. The van der Waals surface area contributed by atoms with Crippen molar-refractivity contribution in [3.05, 3.63) is 30.3 Å². The molecule has 2 rings (SSSR count). The number of nitrogens with one attached hydrogen (secondary N) is 1. The maximum Gasteiger partial charge on any atom is 0.227 e. The predicted octanol–water partition coefficient (Wildman–Crippen LogP) is 1.56. The summed E-state index contributed by atoms with van der Waals surface area (Å²) in [6.45, 7) is 4.31. The zero-order valence-corrected chi connectivity index (χ0v) is 10.7. The first-order chi connectivity index (χ1) is 8.58. The van der Waals surface area contributed by atoms with E-state index in [1.54, 1.807) is 4.90 Å². The zero-order chi connectivity index (χ0) is 13.1. The Balaban J connectivity index is 2.06. The second kappa shape index (κ2) is 5.21. The molecule has 0 spiro atoms. The molecule has 4 heteroatoms. The molecule has 0 bridgehead atoms. The lowest BCUT2D eigenvalue weighted by Crippen LogP contribution is -2.36. The van der Waals surface area contributed by atoms with E-state index in [1.807, 2.05) is 44.2 Å². The van der Waals surface area contributed by atoms with Crippen LogP contribution in [0.15, 0.2) is 30.3 Å². The third-order valence-electron chi connectivity index (χ3n) is 2.99. The van der Waals surface area contributed by atoms with E-state index >= 15 is 0 Å². The van der Waals surface area contributed by atoms with Crippen molar-refractivity contribution in [3.63, 3.8) is 0 Å². The molecule has 1 aliphatic rings. The minimum atomic E-state index is -0.236. The lowest BCUT2D eigenvalue weighted by atomic mass is 10.1. The summed E-state index contributed by atoms with van der Waals surface area (Å²) in [7, 11) is 0. The molecule has 0 unspecified atom stereocenters. The van der Waals surface area contributed by atoms with Crippen molar-refractivity contribution in [1.82, 2.24) is 5.32 Å². The molecular formula is C14H18N2O2. The number of hydrogen-bond acceptors (Lipinski definition) is 2. The van der Waals surface area contributed by atoms with Crippen molar-refractivity contribution in [2.75, 3.05) is 11.4 Å². The highest BCUT2D eigenvalue weighted by atomic mass is 16.2. The third-order valence-corrected chi connectivity index (χ3v) is 2.99. The van der Waals surface area contributed by atoms with Crippen LogP contribution in [0.4, 0.5) is 5.69 Å². The van der Waals surface area contributed by atoms with E-state index in [1.165, 1.54) is 0 Å². The minimum absolute atomic E-state index is 0.0186. The number of rotatable bonds is 3. The number of benzene rings is 1. The van der Waals surface area contributed by atoms with Crippen molar-refractivity contribution >= 4 is 17.5 Å². The molecule has 1 N–H and O–H groups in total. The highest BCUT2D eigenvalue weighted by molar-refractivity contribution is 6.00. The standard InChI is InChI=1S/C14H18N2O2/c1-10(2)15-14(18)11-8-13(17)16(9-11)12-6-4-3-5-7-12/h3-7,10-11H,8-9H2,1-2H3,(H,15,18)/t11-/m1/s1. The maximum atomic E-state index is 11.9. The van der Waals surface area contributed by atoms with Crippen molar-refractivity contribution in [1.29, 1.82) is 0 Å². The highest BCUT2D eigenvalue weighted by Gasteiger charge is 2.35. The fourth-order valence-corrected chi connectivity index (χ4v) is 2.14. The van der Waals surface area contributed by atoms with Gasteiger partial charge in [-0.05, 0) is 26.0 Å². The second-order valence-electron chi connectivity index (χ2n) is 4.90. The van der Waals surface area contributed by atoms with Crippen LogP contribution >= 0.6 is 0 Å². The predicted molar refractivity (Wildman–Crippen MR) is 70.2 cm³/mol. The average Bonchev–Trinajstić information content (AvgIpc) is 2.72. The van der Waals surface area contributed by atoms with E-state index in [4.69, 9.17) is 0 Å². The van der Waals surface area contributed by atoms with Gasteiger partial charge in [0, 0.05) is 24.7 Å². The molecule has 2 amide bonds. The summed E-state index contributed by atoms with van der Waals surface area (Å²) >= 11 is 0. The number of carbonyl (C=O) groups excluding carboxylic acids is 2. The average molecular weight is 246 g/mol. The van der Waals surface area contributed by atoms with E-state index in [9.17, 15) is 9.59 Å². The monoisotopic (exact) mass is 246 g/mol. The molecule has 0 aromatic heterocycles. The van der Waals surface area contributed by atoms with E-state index in [0.717, 1.165) is 5.69 Å². The van der Waals surface area contributed by atoms with Gasteiger partial charge in [-0.25, -0.2) is 0 Å². The number of carbonyl (C=O) groups is 2. The van der Waals surface area contributed by atoms with Crippen molar-refractivity contribution in [2.45, 2.75) is 26.3 Å². The van der Waals surface area contributed by atoms with Crippen LogP contribution in [0.5, 0.6) is 0 Å². The SMILES string of the molecule is CC(C)NC(=O)[C@@H]1CC(=O)N(c2ccccc2)C1. The Morgan fingerprint density at radius 3 is 2.61 bits per heavy atom. The van der Waals surface area contributed by atoms with Gasteiger partial charge in [0.2, 0.25) is 11.8 Å². The largest absolute Gasteiger partial charge is 0.354 e. The first-order valence-electron chi connectivity index (χ1n) is 6.23. The lowest BCUT2D eigenvalue weighted by Gasteiger charge is -2.17. The molecule has 1 atom stereocenters. The topological polar surface area (TPSA) is 49.4 Å². The molecule has 0 aliphatic carbocycles. The summed E-state index contributed by atoms with van der Waals surface area (Å²) in [4.78, 5) is 25.5. The molecule has 4 nitrogen and oxygen atoms in total. The number of nitrogens with zero attached hydrogens (tertiary/aromatic N) is 1. The van der Waals surface area contributed by atoms with E-state index in [0.29, 0.717) is 13.0 Å². The molecule has 1 aromatic carbocycles. The lowest BCUT2D eigenvalue weighted by molar-refractivity contribution is -0.126. The third kappa shape index (κ3) is 2.70. The Kier molecular flexibility index (Phi) is 3.65. The molecular weight excluding hydrogens is 228 g/mol. The summed E-state index contributed by atoms with van der Waals surface area (Å²) in [5, 5.41) is 2.86. The van der Waals surface area contributed by atoms with E-state index in [2.05, 4.69) is 5.32 Å². The van der Waals surface area contributed by atoms with Gasteiger partial charge in [-0.15, -0.1) is 0 Å². The van der Waals surface area contributed by atoms with Gasteiger partial charge < -0.3 is 10.2 Å². The number of hydrogen-bond donors (Lipinski definition) is 1. The quantitative estimate of drug-likeness (QED) is 0.880. The molecule has 96 valence electrons. The van der Waals surface area contributed by atoms with Crippen molar-refractivity contribution in [2.24, 2.45) is 5.92 Å². The summed E-state index contributed by atoms with van der Waals surface area (Å²) < 4.78 is 0. The van der Waals surface area contributed by atoms with Crippen LogP contribution in [0.1, 0.15) is 20.3 Å². The van der Waals surface area contributed by atoms with Crippen LogP contribution < -0.4 is 10.2 Å². The first kappa shape index (κ1) is 12.6. The zero-order valence-electron chi connectivity index (χ0n) is 10.7. The van der Waals surface area contributed by atoms with Crippen LogP contribution in [0.2, 0.25) is 0 Å². The molecule has 1 fully saturated rings. The fourth-order valence-electron chi connectivity index (χ4n) is 2.14. The molecule has 1 heterocycles. The fraction of sp³-hybridized carbons (Fsp3) is 0.429. The van der Waals surface area contributed by atoms with Crippen LogP contribution in [0, 0.1) is 5.92 Å². The van der Waals surface area contributed by atoms with E-state index < -0.39 is 0 Å². The van der Waals surface area contributed by atoms with Crippen LogP contribution in [0.25, 0.3) is 0 Å². The van der Waals surface area contributed by atoms with E-state index in [-0.39, 0.29) is 23.8 Å². The summed E-state index contributed by atoms with van der Waals surface area (Å²) in [5.41, 5.74) is 0.863. The molecule has 1 saturated heterocycles. The van der Waals surface area contributed by atoms with Gasteiger partial charge in [0.15, 0.2) is 0 Å². The number of para-hydroxylation sites is 1. The molecule has 1 aromatic rings. The molecule has 18 heavy (non-hydrogen) atoms. The van der Waals surface area contributed by atoms with Crippen LogP contribution in [0.3, 0.4) is 0 Å². The first-order valence-corrected chi connectivity index (χ1v) is 6.23. The van der Waals surface area contributed by atoms with Gasteiger partial charge in [-0.2, -0.15) is 0 Å². The maximum absolute atomic E-state index is 11.9. The number of anilines is 1. The number of amides is 2. The summed E-state index contributed by atoms with van der Waals surface area (Å²) in [6, 6.07) is 9.58. The van der Waals surface area contributed by atoms with Gasteiger partial charge in [-0.3, -0.25) is 9.59 Å². The van der Waals surface area contributed by atoms with Gasteiger partial charge in [-0.1, -0.05) is 18.2 Å². The van der Waals surface area contributed by atoms with Crippen molar-refractivity contribution in [3.8, 4) is 0 Å². The van der Waals surface area contributed by atoms with Gasteiger partial charge >= 0.3 is 0 Å². The normalized spacial score (nSPS) is 19.4. The summed E-state index contributed by atoms with van der Waals surface area (Å²) in [5.74, 6) is -0.248. The van der Waals surface area contributed by atoms with Crippen LogP contribution in [-0.4, -0.2) is 24.4 Å². The minimum Gasteiger partial charge on any atom is -0.354 e. The highest BCUT2D eigenvalue weighted by Crippen LogP contribution is 2.24. The smallest absolute Gasteiger partial charge is 0.227 e. The summed E-state index contributed by atoms with van der Waals surface area (Å²) in [6.07, 6.45) is 0.299. The Morgan fingerprint density at radius 2 is 2.00 bits per heavy atom. The van der Waals surface area contributed by atoms with Gasteiger partial charge in [0.25, 0.3) is 0 Å². The van der Waals surface area contributed by atoms with Gasteiger partial charge in [0.05, 0.1) is 5.92 Å². The Hall–Kier alpha value is -1.84.